The van der Waals surface area contributed by atoms with E-state index in [4.69, 9.17) is 5.73 Å². The number of rotatable bonds is 6. The van der Waals surface area contributed by atoms with Crippen molar-refractivity contribution < 1.29 is 4.79 Å². The third-order valence-corrected chi connectivity index (χ3v) is 4.29. The molecule has 2 rings (SSSR count). The second kappa shape index (κ2) is 7.10. The van der Waals surface area contributed by atoms with E-state index in [1.807, 2.05) is 4.90 Å². The molecule has 1 saturated carbocycles. The number of nitrogens with zero attached hydrogens (tertiary/aromatic N) is 2. The van der Waals surface area contributed by atoms with Crippen LogP contribution in [0.4, 0.5) is 0 Å². The summed E-state index contributed by atoms with van der Waals surface area (Å²) in [5.74, 6) is 0.330. The van der Waals surface area contributed by atoms with E-state index in [0.717, 1.165) is 32.6 Å². The fourth-order valence-corrected chi connectivity index (χ4v) is 3.19. The summed E-state index contributed by atoms with van der Waals surface area (Å²) in [7, 11) is 0. The fraction of sp³-hybridized carbons (Fsp3) is 0.929. The van der Waals surface area contributed by atoms with Gasteiger partial charge >= 0.3 is 0 Å². The summed E-state index contributed by atoms with van der Waals surface area (Å²) in [6, 6.07) is 0.628. The van der Waals surface area contributed by atoms with Gasteiger partial charge in [0.05, 0.1) is 6.54 Å². The highest BCUT2D eigenvalue weighted by atomic mass is 16.2. The third-order valence-electron chi connectivity index (χ3n) is 4.29. The topological polar surface area (TPSA) is 49.6 Å². The molecule has 1 saturated heterocycles. The summed E-state index contributed by atoms with van der Waals surface area (Å²) in [4.78, 5) is 16.7. The zero-order chi connectivity index (χ0) is 12.8. The number of hydrogen-bond donors (Lipinski definition) is 1. The highest BCUT2D eigenvalue weighted by molar-refractivity contribution is 5.78. The molecular weight excluding hydrogens is 226 g/mol. The Labute approximate surface area is 110 Å². The molecule has 4 nitrogen and oxygen atoms in total. The van der Waals surface area contributed by atoms with Crippen molar-refractivity contribution in [3.05, 3.63) is 0 Å². The first kappa shape index (κ1) is 13.8. The quantitative estimate of drug-likeness (QED) is 0.774. The van der Waals surface area contributed by atoms with Crippen molar-refractivity contribution in [1.82, 2.24) is 9.80 Å². The maximum Gasteiger partial charge on any atom is 0.236 e. The monoisotopic (exact) mass is 253 g/mol. The van der Waals surface area contributed by atoms with Gasteiger partial charge < -0.3 is 10.6 Å². The van der Waals surface area contributed by atoms with Crippen molar-refractivity contribution >= 4 is 5.91 Å². The van der Waals surface area contributed by atoms with Gasteiger partial charge in [0.25, 0.3) is 0 Å². The number of amides is 1. The molecule has 4 heteroatoms. The minimum Gasteiger partial charge on any atom is -0.342 e. The van der Waals surface area contributed by atoms with E-state index >= 15 is 0 Å². The van der Waals surface area contributed by atoms with Gasteiger partial charge in [-0.15, -0.1) is 0 Å². The number of nitrogens with two attached hydrogens (primary N) is 1. The van der Waals surface area contributed by atoms with Gasteiger partial charge in [-0.3, -0.25) is 9.69 Å². The zero-order valence-corrected chi connectivity index (χ0v) is 11.4. The summed E-state index contributed by atoms with van der Waals surface area (Å²) in [6.07, 6.45) is 8.53. The van der Waals surface area contributed by atoms with Crippen molar-refractivity contribution in [1.29, 1.82) is 0 Å². The molecule has 1 aliphatic carbocycles. The Morgan fingerprint density at radius 3 is 2.44 bits per heavy atom. The number of likely N-dealkylation sites (tertiary alicyclic amines) is 1. The highest BCUT2D eigenvalue weighted by Crippen LogP contribution is 2.23. The van der Waals surface area contributed by atoms with Crippen LogP contribution in [0.1, 0.15) is 44.9 Å². The van der Waals surface area contributed by atoms with E-state index in [0.29, 0.717) is 18.5 Å². The van der Waals surface area contributed by atoms with Crippen molar-refractivity contribution in [2.75, 3.05) is 32.7 Å². The molecular formula is C14H27N3O. The van der Waals surface area contributed by atoms with Crippen LogP contribution in [-0.4, -0.2) is 54.5 Å². The van der Waals surface area contributed by atoms with E-state index in [9.17, 15) is 4.79 Å². The SMILES string of the molecule is NCCCN(CC(=O)N1CCCC1)C1CCCC1. The second-order valence-electron chi connectivity index (χ2n) is 5.64. The van der Waals surface area contributed by atoms with Gasteiger partial charge in [-0.1, -0.05) is 12.8 Å². The van der Waals surface area contributed by atoms with Crippen molar-refractivity contribution in [3.8, 4) is 0 Å². The molecule has 1 aliphatic heterocycles. The van der Waals surface area contributed by atoms with Crippen molar-refractivity contribution in [2.24, 2.45) is 5.73 Å². The van der Waals surface area contributed by atoms with Crippen molar-refractivity contribution in [3.63, 3.8) is 0 Å². The van der Waals surface area contributed by atoms with Crippen LogP contribution >= 0.6 is 0 Å². The van der Waals surface area contributed by atoms with Gasteiger partial charge in [0.15, 0.2) is 0 Å². The lowest BCUT2D eigenvalue weighted by Crippen LogP contribution is -2.43. The maximum absolute atomic E-state index is 12.2. The van der Waals surface area contributed by atoms with Crippen LogP contribution in [0.25, 0.3) is 0 Å². The maximum atomic E-state index is 12.2. The minimum absolute atomic E-state index is 0.330. The van der Waals surface area contributed by atoms with Crippen LogP contribution in [0, 0.1) is 0 Å². The molecule has 0 unspecified atom stereocenters. The molecule has 0 aromatic heterocycles. The van der Waals surface area contributed by atoms with E-state index in [1.165, 1.54) is 38.5 Å². The summed E-state index contributed by atoms with van der Waals surface area (Å²) < 4.78 is 0. The Bertz CT molecular complexity index is 258. The molecule has 18 heavy (non-hydrogen) atoms. The molecule has 0 bridgehead atoms. The third kappa shape index (κ3) is 3.69. The number of carbonyl (C=O) groups excluding carboxylic acids is 1. The Morgan fingerprint density at radius 2 is 1.83 bits per heavy atom. The first-order valence-corrected chi connectivity index (χ1v) is 7.53. The van der Waals surface area contributed by atoms with Crippen LogP contribution in [0.15, 0.2) is 0 Å². The molecule has 2 aliphatic rings. The average Bonchev–Trinajstić information content (AvgIpc) is 3.04. The number of hydrogen-bond acceptors (Lipinski definition) is 3. The normalized spacial score (nSPS) is 21.1. The lowest BCUT2D eigenvalue weighted by atomic mass is 10.2. The van der Waals surface area contributed by atoms with E-state index in [1.54, 1.807) is 0 Å². The Hall–Kier alpha value is -0.610. The van der Waals surface area contributed by atoms with Gasteiger partial charge in [0.1, 0.15) is 0 Å². The van der Waals surface area contributed by atoms with Gasteiger partial charge in [-0.05, 0) is 38.6 Å². The predicted molar refractivity (Wildman–Crippen MR) is 73.3 cm³/mol. The van der Waals surface area contributed by atoms with Gasteiger partial charge in [0, 0.05) is 25.7 Å². The van der Waals surface area contributed by atoms with Crippen LogP contribution < -0.4 is 5.73 Å². The van der Waals surface area contributed by atoms with E-state index < -0.39 is 0 Å². The minimum atomic E-state index is 0.330. The Balaban J connectivity index is 1.84. The van der Waals surface area contributed by atoms with Gasteiger partial charge in [0.2, 0.25) is 5.91 Å². The van der Waals surface area contributed by atoms with Crippen LogP contribution in [0.2, 0.25) is 0 Å². The molecule has 0 radical (unpaired) electrons. The Kier molecular flexibility index (Phi) is 5.45. The molecule has 2 fully saturated rings. The lowest BCUT2D eigenvalue weighted by molar-refractivity contribution is -0.131. The molecule has 1 amide bonds. The van der Waals surface area contributed by atoms with E-state index in [2.05, 4.69) is 4.90 Å². The van der Waals surface area contributed by atoms with Crippen LogP contribution in [-0.2, 0) is 4.79 Å². The molecule has 0 atom stereocenters. The molecule has 2 N–H and O–H groups in total. The number of carbonyl (C=O) groups is 1. The summed E-state index contributed by atoms with van der Waals surface area (Å²) >= 11 is 0. The molecule has 0 spiro atoms. The molecule has 1 heterocycles. The smallest absolute Gasteiger partial charge is 0.236 e. The van der Waals surface area contributed by atoms with Crippen LogP contribution in [0.5, 0.6) is 0 Å². The first-order valence-electron chi connectivity index (χ1n) is 7.53. The standard InChI is InChI=1S/C14H27N3O/c15-8-5-11-17(13-6-1-2-7-13)12-14(18)16-9-3-4-10-16/h13H,1-12,15H2. The largest absolute Gasteiger partial charge is 0.342 e. The van der Waals surface area contributed by atoms with E-state index in [-0.39, 0.29) is 0 Å². The summed E-state index contributed by atoms with van der Waals surface area (Å²) in [6.45, 7) is 4.26. The first-order chi connectivity index (χ1) is 8.81. The predicted octanol–water partition coefficient (Wildman–Crippen LogP) is 1.20. The Morgan fingerprint density at radius 1 is 1.17 bits per heavy atom. The molecule has 104 valence electrons. The summed E-state index contributed by atoms with van der Waals surface area (Å²) in [5.41, 5.74) is 5.61. The second-order valence-corrected chi connectivity index (χ2v) is 5.64. The summed E-state index contributed by atoms with van der Waals surface area (Å²) in [5, 5.41) is 0. The van der Waals surface area contributed by atoms with Gasteiger partial charge in [-0.2, -0.15) is 0 Å². The highest BCUT2D eigenvalue weighted by Gasteiger charge is 2.26. The molecule has 0 aromatic rings. The lowest BCUT2D eigenvalue weighted by Gasteiger charge is -2.29. The fourth-order valence-electron chi connectivity index (χ4n) is 3.19. The van der Waals surface area contributed by atoms with Crippen molar-refractivity contribution in [2.45, 2.75) is 51.0 Å². The average molecular weight is 253 g/mol. The van der Waals surface area contributed by atoms with Gasteiger partial charge in [-0.25, -0.2) is 0 Å². The molecule has 0 aromatic carbocycles. The van der Waals surface area contributed by atoms with Crippen LogP contribution in [0.3, 0.4) is 0 Å². The zero-order valence-electron chi connectivity index (χ0n) is 11.4.